The van der Waals surface area contributed by atoms with Gasteiger partial charge in [-0.05, 0) is 13.0 Å². The number of hydrogen-bond donors (Lipinski definition) is 2. The van der Waals surface area contributed by atoms with E-state index in [1.165, 1.54) is 0 Å². The first kappa shape index (κ1) is 12.6. The predicted molar refractivity (Wildman–Crippen MR) is 70.9 cm³/mol. The van der Waals surface area contributed by atoms with Crippen molar-refractivity contribution in [2.45, 2.75) is 26.4 Å². The van der Waals surface area contributed by atoms with E-state index < -0.39 is 0 Å². The Morgan fingerprint density at radius 1 is 1.44 bits per heavy atom. The van der Waals surface area contributed by atoms with E-state index in [2.05, 4.69) is 29.5 Å². The molecule has 96 valence electrons. The number of primary amides is 1. The Bertz CT molecular complexity index is 547. The largest absolute Gasteiger partial charge is 0.370 e. The molecule has 2 aromatic rings. The Labute approximate surface area is 106 Å². The highest BCUT2D eigenvalue weighted by molar-refractivity contribution is 5.81. The number of nitrogens with one attached hydrogen (secondary N) is 1. The van der Waals surface area contributed by atoms with Gasteiger partial charge in [0.2, 0.25) is 5.91 Å². The molecule has 18 heavy (non-hydrogen) atoms. The van der Waals surface area contributed by atoms with Crippen molar-refractivity contribution in [3.63, 3.8) is 0 Å². The van der Waals surface area contributed by atoms with Gasteiger partial charge >= 0.3 is 0 Å². The van der Waals surface area contributed by atoms with Crippen LogP contribution in [0.1, 0.15) is 19.0 Å². The van der Waals surface area contributed by atoms with Gasteiger partial charge in [-0.15, -0.1) is 0 Å². The highest BCUT2D eigenvalue weighted by Gasteiger charge is 2.08. The van der Waals surface area contributed by atoms with Gasteiger partial charge in [0.25, 0.3) is 0 Å². The van der Waals surface area contributed by atoms with Crippen molar-refractivity contribution >= 4 is 16.8 Å². The summed E-state index contributed by atoms with van der Waals surface area (Å²) in [5, 5.41) is 8.91. The Morgan fingerprint density at radius 3 is 2.94 bits per heavy atom. The fraction of sp³-hybridized carbons (Fsp3) is 0.385. The van der Waals surface area contributed by atoms with Crippen molar-refractivity contribution < 1.29 is 4.79 Å². The number of carbonyl (C=O) groups excluding carboxylic acids is 1. The summed E-state index contributed by atoms with van der Waals surface area (Å²) >= 11 is 0. The lowest BCUT2D eigenvalue weighted by Crippen LogP contribution is -2.21. The fourth-order valence-electron chi connectivity index (χ4n) is 1.99. The van der Waals surface area contributed by atoms with E-state index in [1.807, 2.05) is 16.8 Å². The van der Waals surface area contributed by atoms with Crippen LogP contribution in [0.3, 0.4) is 0 Å². The normalized spacial score (nSPS) is 10.9. The third-order valence-electron chi connectivity index (χ3n) is 2.87. The summed E-state index contributed by atoms with van der Waals surface area (Å²) in [5.41, 5.74) is 7.25. The molecule has 3 N–H and O–H groups in total. The third kappa shape index (κ3) is 2.68. The summed E-state index contributed by atoms with van der Waals surface area (Å²) in [6, 6.07) is 8.16. The van der Waals surface area contributed by atoms with Crippen LogP contribution in [0.4, 0.5) is 0 Å². The van der Waals surface area contributed by atoms with Crippen LogP contribution < -0.4 is 11.1 Å². The SMILES string of the molecule is CCn1nc(CNCCC(N)=O)c2ccccc21. The number of nitrogens with two attached hydrogens (primary N) is 1. The van der Waals surface area contributed by atoms with E-state index in [0.29, 0.717) is 19.5 Å². The van der Waals surface area contributed by atoms with Gasteiger partial charge in [-0.2, -0.15) is 5.10 Å². The second-order valence-corrected chi connectivity index (χ2v) is 4.17. The average Bonchev–Trinajstić information content (AvgIpc) is 2.73. The third-order valence-corrected chi connectivity index (χ3v) is 2.87. The van der Waals surface area contributed by atoms with Crippen LogP contribution in [-0.2, 0) is 17.9 Å². The van der Waals surface area contributed by atoms with Crippen LogP contribution in [0, 0.1) is 0 Å². The molecule has 5 heteroatoms. The zero-order valence-corrected chi connectivity index (χ0v) is 10.5. The summed E-state index contributed by atoms with van der Waals surface area (Å²) in [6.45, 7) is 4.16. The molecule has 0 saturated heterocycles. The molecule has 2 rings (SSSR count). The van der Waals surface area contributed by atoms with Crippen molar-refractivity contribution in [3.05, 3.63) is 30.0 Å². The smallest absolute Gasteiger partial charge is 0.218 e. The van der Waals surface area contributed by atoms with Gasteiger partial charge in [-0.3, -0.25) is 9.48 Å². The second kappa shape index (κ2) is 5.64. The molecule has 1 amide bonds. The van der Waals surface area contributed by atoms with Gasteiger partial charge in [-0.1, -0.05) is 18.2 Å². The summed E-state index contributed by atoms with van der Waals surface area (Å²) in [5.74, 6) is -0.286. The van der Waals surface area contributed by atoms with Crippen LogP contribution in [-0.4, -0.2) is 22.2 Å². The number of fused-ring (bicyclic) bond motifs is 1. The fourth-order valence-corrected chi connectivity index (χ4v) is 1.99. The molecular formula is C13H18N4O. The standard InChI is InChI=1S/C13H18N4O/c1-2-17-12-6-4-3-5-10(12)11(16-17)9-15-8-7-13(14)18/h3-6,15H,2,7-9H2,1H3,(H2,14,18). The molecule has 0 aliphatic rings. The molecule has 5 nitrogen and oxygen atoms in total. The number of aromatic nitrogens is 2. The van der Waals surface area contributed by atoms with Crippen molar-refractivity contribution in [2.24, 2.45) is 5.73 Å². The van der Waals surface area contributed by atoms with Crippen molar-refractivity contribution in [2.75, 3.05) is 6.54 Å². The lowest BCUT2D eigenvalue weighted by molar-refractivity contribution is -0.117. The van der Waals surface area contributed by atoms with Gasteiger partial charge in [0, 0.05) is 31.4 Å². The summed E-state index contributed by atoms with van der Waals surface area (Å²) in [6.07, 6.45) is 0.354. The minimum atomic E-state index is -0.286. The Kier molecular flexibility index (Phi) is 3.94. The van der Waals surface area contributed by atoms with E-state index in [-0.39, 0.29) is 5.91 Å². The number of hydrogen-bond acceptors (Lipinski definition) is 3. The van der Waals surface area contributed by atoms with Crippen LogP contribution in [0.15, 0.2) is 24.3 Å². The maximum Gasteiger partial charge on any atom is 0.218 e. The molecule has 1 aromatic heterocycles. The number of rotatable bonds is 6. The molecule has 0 unspecified atom stereocenters. The first-order valence-corrected chi connectivity index (χ1v) is 6.15. The Balaban J connectivity index is 2.10. The van der Waals surface area contributed by atoms with E-state index in [4.69, 9.17) is 5.73 Å². The van der Waals surface area contributed by atoms with Crippen LogP contribution in [0.5, 0.6) is 0 Å². The van der Waals surface area contributed by atoms with E-state index >= 15 is 0 Å². The molecule has 0 aliphatic carbocycles. The molecule has 0 fully saturated rings. The maximum absolute atomic E-state index is 10.6. The minimum absolute atomic E-state index is 0.286. The minimum Gasteiger partial charge on any atom is -0.370 e. The molecule has 0 radical (unpaired) electrons. The number of aryl methyl sites for hydroxylation is 1. The lowest BCUT2D eigenvalue weighted by atomic mass is 10.2. The number of nitrogens with zero attached hydrogens (tertiary/aromatic N) is 2. The second-order valence-electron chi connectivity index (χ2n) is 4.17. The quantitative estimate of drug-likeness (QED) is 0.747. The van der Waals surface area contributed by atoms with E-state index in [0.717, 1.165) is 23.1 Å². The summed E-state index contributed by atoms with van der Waals surface area (Å²) in [4.78, 5) is 10.6. The first-order chi connectivity index (χ1) is 8.72. The summed E-state index contributed by atoms with van der Waals surface area (Å²) in [7, 11) is 0. The number of carbonyl (C=O) groups is 1. The number of para-hydroxylation sites is 1. The maximum atomic E-state index is 10.6. The first-order valence-electron chi connectivity index (χ1n) is 6.15. The Hall–Kier alpha value is -1.88. The molecule has 0 aliphatic heterocycles. The molecule has 0 spiro atoms. The highest BCUT2D eigenvalue weighted by Crippen LogP contribution is 2.18. The lowest BCUT2D eigenvalue weighted by Gasteiger charge is -2.00. The van der Waals surface area contributed by atoms with Crippen molar-refractivity contribution in [1.29, 1.82) is 0 Å². The van der Waals surface area contributed by atoms with Gasteiger partial charge in [0.15, 0.2) is 0 Å². The summed E-state index contributed by atoms with van der Waals surface area (Å²) < 4.78 is 1.99. The monoisotopic (exact) mass is 246 g/mol. The molecule has 0 atom stereocenters. The van der Waals surface area contributed by atoms with Crippen LogP contribution >= 0.6 is 0 Å². The molecule has 1 aromatic carbocycles. The van der Waals surface area contributed by atoms with Crippen LogP contribution in [0.2, 0.25) is 0 Å². The van der Waals surface area contributed by atoms with Crippen molar-refractivity contribution in [3.8, 4) is 0 Å². The average molecular weight is 246 g/mol. The van der Waals surface area contributed by atoms with Crippen LogP contribution in [0.25, 0.3) is 10.9 Å². The van der Waals surface area contributed by atoms with E-state index in [1.54, 1.807) is 0 Å². The van der Waals surface area contributed by atoms with Gasteiger partial charge in [0.1, 0.15) is 0 Å². The number of benzene rings is 1. The van der Waals surface area contributed by atoms with Gasteiger partial charge in [0.05, 0.1) is 11.2 Å². The number of amides is 1. The van der Waals surface area contributed by atoms with E-state index in [9.17, 15) is 4.79 Å². The Morgan fingerprint density at radius 2 is 2.22 bits per heavy atom. The van der Waals surface area contributed by atoms with Crippen molar-refractivity contribution in [1.82, 2.24) is 15.1 Å². The molecule has 0 bridgehead atoms. The zero-order valence-electron chi connectivity index (χ0n) is 10.5. The molecular weight excluding hydrogens is 228 g/mol. The molecule has 0 saturated carbocycles. The van der Waals surface area contributed by atoms with Gasteiger partial charge in [-0.25, -0.2) is 0 Å². The predicted octanol–water partition coefficient (Wildman–Crippen LogP) is 1.02. The molecule has 1 heterocycles. The zero-order chi connectivity index (χ0) is 13.0. The highest BCUT2D eigenvalue weighted by atomic mass is 16.1. The topological polar surface area (TPSA) is 72.9 Å². The van der Waals surface area contributed by atoms with Gasteiger partial charge < -0.3 is 11.1 Å².